The van der Waals surface area contributed by atoms with Crippen molar-refractivity contribution >= 4 is 28.1 Å². The maximum atomic E-state index is 5.58. The molecule has 4 heterocycles. The number of benzene rings is 2. The van der Waals surface area contributed by atoms with E-state index in [0.29, 0.717) is 6.04 Å². The number of para-hydroxylation sites is 1. The molecule has 2 aromatic carbocycles. The molecular formula is C28H33N5O. The fourth-order valence-corrected chi connectivity index (χ4v) is 5.48. The number of morpholine rings is 1. The monoisotopic (exact) mass is 455 g/mol. The van der Waals surface area contributed by atoms with Gasteiger partial charge in [0.15, 0.2) is 0 Å². The highest BCUT2D eigenvalue weighted by atomic mass is 16.5. The van der Waals surface area contributed by atoms with Crippen molar-refractivity contribution in [2.75, 3.05) is 63.3 Å². The van der Waals surface area contributed by atoms with E-state index in [4.69, 9.17) is 9.72 Å². The summed E-state index contributed by atoms with van der Waals surface area (Å²) in [6.45, 7) is 5.63. The molecule has 0 saturated carbocycles. The van der Waals surface area contributed by atoms with Gasteiger partial charge in [0.05, 0.1) is 29.9 Å². The molecule has 6 rings (SSSR count). The number of piperidine rings is 1. The summed E-state index contributed by atoms with van der Waals surface area (Å²) in [5, 5.41) is 0. The Hall–Kier alpha value is -3.09. The maximum Gasteiger partial charge on any atom is 0.138 e. The Morgan fingerprint density at radius 3 is 2.29 bits per heavy atom. The van der Waals surface area contributed by atoms with E-state index in [1.165, 1.54) is 40.9 Å². The zero-order valence-electron chi connectivity index (χ0n) is 20.2. The van der Waals surface area contributed by atoms with Crippen molar-refractivity contribution < 1.29 is 4.74 Å². The number of hydrogen-bond acceptors (Lipinski definition) is 5. The van der Waals surface area contributed by atoms with Crippen LogP contribution >= 0.6 is 0 Å². The van der Waals surface area contributed by atoms with Crippen molar-refractivity contribution in [2.45, 2.75) is 18.9 Å². The molecule has 2 aromatic heterocycles. The van der Waals surface area contributed by atoms with E-state index in [0.717, 1.165) is 50.6 Å². The van der Waals surface area contributed by atoms with Crippen LogP contribution in [0.15, 0.2) is 60.8 Å². The van der Waals surface area contributed by atoms with E-state index in [2.05, 4.69) is 94.0 Å². The minimum Gasteiger partial charge on any atom is -0.378 e. The second-order valence-electron chi connectivity index (χ2n) is 9.73. The van der Waals surface area contributed by atoms with Gasteiger partial charge in [-0.05, 0) is 74.5 Å². The molecule has 0 amide bonds. The Bertz CT molecular complexity index is 1280. The van der Waals surface area contributed by atoms with Gasteiger partial charge < -0.3 is 19.4 Å². The number of aromatic nitrogens is 2. The number of rotatable bonds is 4. The Labute approximate surface area is 201 Å². The van der Waals surface area contributed by atoms with E-state index in [1.54, 1.807) is 0 Å². The van der Waals surface area contributed by atoms with E-state index in [9.17, 15) is 0 Å². The molecule has 0 bridgehead atoms. The molecule has 0 N–H and O–H groups in total. The highest BCUT2D eigenvalue weighted by Crippen LogP contribution is 2.31. The first-order valence-corrected chi connectivity index (χ1v) is 12.4. The van der Waals surface area contributed by atoms with Crippen molar-refractivity contribution in [2.24, 2.45) is 0 Å². The quantitative estimate of drug-likeness (QED) is 0.452. The van der Waals surface area contributed by atoms with E-state index < -0.39 is 0 Å². The zero-order chi connectivity index (χ0) is 23.1. The molecule has 2 fully saturated rings. The highest BCUT2D eigenvalue weighted by Gasteiger charge is 2.21. The smallest absolute Gasteiger partial charge is 0.138 e. The summed E-state index contributed by atoms with van der Waals surface area (Å²) in [6.07, 6.45) is 4.70. The van der Waals surface area contributed by atoms with Crippen molar-refractivity contribution in [3.63, 3.8) is 0 Å². The normalized spacial score (nSPS) is 17.9. The minimum atomic E-state index is 0.703. The summed E-state index contributed by atoms with van der Waals surface area (Å²) in [4.78, 5) is 12.2. The van der Waals surface area contributed by atoms with Gasteiger partial charge in [0, 0.05) is 44.1 Å². The summed E-state index contributed by atoms with van der Waals surface area (Å²) in [5.41, 5.74) is 8.21. The summed E-state index contributed by atoms with van der Waals surface area (Å²) in [6, 6.07) is 20.5. The predicted octanol–water partition coefficient (Wildman–Crippen LogP) is 4.52. The van der Waals surface area contributed by atoms with Crippen molar-refractivity contribution in [3.8, 4) is 11.1 Å². The fourth-order valence-electron chi connectivity index (χ4n) is 5.48. The number of ether oxygens (including phenoxy) is 1. The molecule has 6 nitrogen and oxygen atoms in total. The fraction of sp³-hybridized carbons (Fsp3) is 0.393. The molecule has 2 aliphatic heterocycles. The van der Waals surface area contributed by atoms with Gasteiger partial charge in [0.1, 0.15) is 5.65 Å². The molecule has 34 heavy (non-hydrogen) atoms. The molecule has 0 radical (unpaired) electrons. The van der Waals surface area contributed by atoms with Crippen molar-refractivity contribution in [1.82, 2.24) is 14.3 Å². The molecular weight excluding hydrogens is 422 g/mol. The van der Waals surface area contributed by atoms with Crippen LogP contribution < -0.4 is 9.80 Å². The third-order valence-corrected chi connectivity index (χ3v) is 7.51. The number of anilines is 2. The first-order valence-electron chi connectivity index (χ1n) is 12.4. The lowest BCUT2D eigenvalue weighted by molar-refractivity contribution is 0.123. The van der Waals surface area contributed by atoms with Crippen molar-refractivity contribution in [1.29, 1.82) is 0 Å². The molecule has 2 saturated heterocycles. The van der Waals surface area contributed by atoms with E-state index in [1.807, 2.05) is 0 Å². The van der Waals surface area contributed by atoms with Gasteiger partial charge >= 0.3 is 0 Å². The number of imidazole rings is 1. The average molecular weight is 456 g/mol. The second-order valence-corrected chi connectivity index (χ2v) is 9.73. The van der Waals surface area contributed by atoms with E-state index >= 15 is 0 Å². The molecule has 4 aromatic rings. The largest absolute Gasteiger partial charge is 0.378 e. The number of fused-ring (bicyclic) bond motifs is 3. The lowest BCUT2D eigenvalue weighted by Gasteiger charge is -2.36. The average Bonchev–Trinajstić information content (AvgIpc) is 3.27. The van der Waals surface area contributed by atoms with Crippen LogP contribution in [0.25, 0.3) is 27.8 Å². The summed E-state index contributed by atoms with van der Waals surface area (Å²) in [5.74, 6) is 0. The number of pyridine rings is 1. The molecule has 0 spiro atoms. The maximum absolute atomic E-state index is 5.58. The van der Waals surface area contributed by atoms with Gasteiger partial charge in [0.2, 0.25) is 0 Å². The van der Waals surface area contributed by atoms with Crippen LogP contribution in [0.3, 0.4) is 0 Å². The highest BCUT2D eigenvalue weighted by molar-refractivity contribution is 5.92. The van der Waals surface area contributed by atoms with Gasteiger partial charge in [0.25, 0.3) is 0 Å². The summed E-state index contributed by atoms with van der Waals surface area (Å²) >= 11 is 0. The van der Waals surface area contributed by atoms with Crippen LogP contribution in [0.1, 0.15) is 12.8 Å². The summed E-state index contributed by atoms with van der Waals surface area (Å²) in [7, 11) is 4.39. The Kier molecular flexibility index (Phi) is 5.63. The Morgan fingerprint density at radius 2 is 1.56 bits per heavy atom. The van der Waals surface area contributed by atoms with Gasteiger partial charge in [-0.25, -0.2) is 4.98 Å². The van der Waals surface area contributed by atoms with Crippen LogP contribution in [0.5, 0.6) is 0 Å². The Balaban J connectivity index is 1.31. The molecule has 0 atom stereocenters. The van der Waals surface area contributed by atoms with Crippen LogP contribution in [0.4, 0.5) is 11.4 Å². The van der Waals surface area contributed by atoms with Crippen LogP contribution in [0, 0.1) is 0 Å². The summed E-state index contributed by atoms with van der Waals surface area (Å²) < 4.78 is 7.84. The van der Waals surface area contributed by atoms with Crippen LogP contribution in [0.2, 0.25) is 0 Å². The molecule has 6 heteroatoms. The third-order valence-electron chi connectivity index (χ3n) is 7.51. The predicted molar refractivity (Wildman–Crippen MR) is 140 cm³/mol. The number of hydrogen-bond donors (Lipinski definition) is 0. The van der Waals surface area contributed by atoms with E-state index in [-0.39, 0.29) is 0 Å². The second kappa shape index (κ2) is 8.93. The third kappa shape index (κ3) is 3.91. The first kappa shape index (κ1) is 21.4. The topological polar surface area (TPSA) is 36.2 Å². The SMILES string of the molecule is CN(C)C1CCN(c2ccc(-c3ccc4nc5cccc(N6CCOCC6)c5n4c3)cc2)CC1. The lowest BCUT2D eigenvalue weighted by Crippen LogP contribution is -2.41. The molecule has 0 aliphatic carbocycles. The minimum absolute atomic E-state index is 0.703. The van der Waals surface area contributed by atoms with Gasteiger partial charge in [-0.3, -0.25) is 4.40 Å². The zero-order valence-corrected chi connectivity index (χ0v) is 20.2. The van der Waals surface area contributed by atoms with Gasteiger partial charge in [-0.1, -0.05) is 18.2 Å². The lowest BCUT2D eigenvalue weighted by atomic mass is 10.0. The first-order chi connectivity index (χ1) is 16.7. The Morgan fingerprint density at radius 1 is 0.824 bits per heavy atom. The number of nitrogens with zero attached hydrogens (tertiary/aromatic N) is 5. The van der Waals surface area contributed by atoms with Gasteiger partial charge in [-0.2, -0.15) is 0 Å². The van der Waals surface area contributed by atoms with Crippen LogP contribution in [-0.4, -0.2) is 73.8 Å². The van der Waals surface area contributed by atoms with Gasteiger partial charge in [-0.15, -0.1) is 0 Å². The molecule has 0 unspecified atom stereocenters. The standard InChI is InChI=1S/C28H33N5O/c1-30(2)23-12-14-31(15-13-23)24-9-6-21(7-10-24)22-8-11-27-29-25-4-3-5-26(28(25)33(27)20-22)32-16-18-34-19-17-32/h3-11,20,23H,12-19H2,1-2H3. The van der Waals surface area contributed by atoms with Crippen molar-refractivity contribution in [3.05, 3.63) is 60.8 Å². The molecule has 176 valence electrons. The van der Waals surface area contributed by atoms with Crippen LogP contribution in [-0.2, 0) is 4.74 Å². The molecule has 2 aliphatic rings.